The van der Waals surface area contributed by atoms with E-state index in [9.17, 15) is 0 Å². The Hall–Kier alpha value is -2.05. The van der Waals surface area contributed by atoms with Gasteiger partial charge < -0.3 is 4.74 Å². The number of hydrogen-bond acceptors (Lipinski definition) is 1. The summed E-state index contributed by atoms with van der Waals surface area (Å²) in [5.41, 5.74) is 2.67. The van der Waals surface area contributed by atoms with E-state index in [0.29, 0.717) is 0 Å². The standard InChI is InChI=1S/C21H21BOP/c1-17-8-6-7-11-21(17)24(20-9-4-3-5-10-20)22-16-18-12-14-19(23-2)15-13-18/h3-15H,16H2,1-2H3. The van der Waals surface area contributed by atoms with Crippen molar-refractivity contribution in [3.8, 4) is 5.75 Å². The molecule has 3 heteroatoms. The molecule has 3 rings (SSSR count). The summed E-state index contributed by atoms with van der Waals surface area (Å²) in [6, 6.07) is 27.9. The highest BCUT2D eigenvalue weighted by Gasteiger charge is 2.16. The van der Waals surface area contributed by atoms with E-state index in [2.05, 4.69) is 80.7 Å². The Morgan fingerprint density at radius 3 is 2.17 bits per heavy atom. The third-order valence-corrected chi connectivity index (χ3v) is 6.50. The summed E-state index contributed by atoms with van der Waals surface area (Å²) in [6.45, 7) is 4.67. The maximum Gasteiger partial charge on any atom is 0.163 e. The van der Waals surface area contributed by atoms with Crippen molar-refractivity contribution >= 4 is 25.4 Å². The second-order valence-corrected chi connectivity index (χ2v) is 7.83. The smallest absolute Gasteiger partial charge is 0.163 e. The first-order valence-electron chi connectivity index (χ1n) is 8.14. The molecule has 0 N–H and O–H groups in total. The molecule has 119 valence electrons. The maximum atomic E-state index is 5.24. The molecule has 1 unspecified atom stereocenters. The van der Waals surface area contributed by atoms with Crippen molar-refractivity contribution in [2.45, 2.75) is 13.2 Å². The average molecular weight is 331 g/mol. The molecule has 1 radical (unpaired) electrons. The molecule has 3 aromatic rings. The number of methoxy groups -OCH3 is 1. The fraction of sp³-hybridized carbons (Fsp3) is 0.143. The van der Waals surface area contributed by atoms with Crippen LogP contribution >= 0.6 is 7.80 Å². The van der Waals surface area contributed by atoms with E-state index in [0.717, 1.165) is 12.1 Å². The molecule has 0 aromatic heterocycles. The van der Waals surface area contributed by atoms with Crippen molar-refractivity contribution in [1.29, 1.82) is 0 Å². The molecule has 0 aliphatic heterocycles. The number of benzene rings is 3. The second-order valence-electron chi connectivity index (χ2n) is 5.73. The highest BCUT2D eigenvalue weighted by Crippen LogP contribution is 2.33. The van der Waals surface area contributed by atoms with Crippen LogP contribution in [0.25, 0.3) is 0 Å². The van der Waals surface area contributed by atoms with Crippen molar-refractivity contribution < 1.29 is 4.74 Å². The zero-order valence-corrected chi connectivity index (χ0v) is 15.0. The van der Waals surface area contributed by atoms with Crippen LogP contribution in [0.15, 0.2) is 78.9 Å². The zero-order valence-electron chi connectivity index (χ0n) is 14.1. The Morgan fingerprint density at radius 1 is 0.833 bits per heavy atom. The van der Waals surface area contributed by atoms with Crippen LogP contribution < -0.4 is 15.3 Å². The average Bonchev–Trinajstić information content (AvgIpc) is 2.65. The van der Waals surface area contributed by atoms with Crippen LogP contribution in [0.3, 0.4) is 0 Å². The quantitative estimate of drug-likeness (QED) is 0.485. The van der Waals surface area contributed by atoms with Crippen LogP contribution in [-0.2, 0) is 6.32 Å². The minimum atomic E-state index is -0.463. The molecule has 0 aliphatic rings. The first kappa shape index (κ1) is 16.8. The second kappa shape index (κ2) is 8.17. The van der Waals surface area contributed by atoms with Gasteiger partial charge in [0.15, 0.2) is 7.00 Å². The lowest BCUT2D eigenvalue weighted by Gasteiger charge is -2.20. The molecule has 1 nitrogen and oxygen atoms in total. The molecule has 3 aromatic carbocycles. The summed E-state index contributed by atoms with van der Waals surface area (Å²) in [5, 5.41) is 2.84. The summed E-state index contributed by atoms with van der Waals surface area (Å²) >= 11 is 0. The third kappa shape index (κ3) is 4.07. The molecule has 0 saturated heterocycles. The van der Waals surface area contributed by atoms with E-state index in [-0.39, 0.29) is 0 Å². The van der Waals surface area contributed by atoms with Crippen molar-refractivity contribution in [3.05, 3.63) is 90.0 Å². The van der Waals surface area contributed by atoms with E-state index < -0.39 is 7.80 Å². The fourth-order valence-electron chi connectivity index (χ4n) is 2.72. The lowest BCUT2D eigenvalue weighted by molar-refractivity contribution is 0.414. The first-order chi connectivity index (χ1) is 11.8. The van der Waals surface area contributed by atoms with Crippen LogP contribution in [0.2, 0.25) is 0 Å². The monoisotopic (exact) mass is 331 g/mol. The Labute approximate surface area is 146 Å². The number of ether oxygens (including phenoxy) is 1. The van der Waals surface area contributed by atoms with Gasteiger partial charge in [-0.3, -0.25) is 0 Å². The van der Waals surface area contributed by atoms with Gasteiger partial charge in [0.05, 0.1) is 7.11 Å². The van der Waals surface area contributed by atoms with E-state index in [4.69, 9.17) is 4.74 Å². The van der Waals surface area contributed by atoms with E-state index in [1.165, 1.54) is 21.7 Å². The molecule has 0 amide bonds. The van der Waals surface area contributed by atoms with Crippen LogP contribution in [0.5, 0.6) is 5.75 Å². The van der Waals surface area contributed by atoms with E-state index >= 15 is 0 Å². The van der Waals surface area contributed by atoms with Gasteiger partial charge >= 0.3 is 0 Å². The minimum Gasteiger partial charge on any atom is -0.497 e. The van der Waals surface area contributed by atoms with E-state index in [1.807, 2.05) is 12.1 Å². The minimum absolute atomic E-state index is 0.463. The van der Waals surface area contributed by atoms with Gasteiger partial charge in [-0.05, 0) is 41.5 Å². The largest absolute Gasteiger partial charge is 0.497 e. The van der Waals surface area contributed by atoms with Gasteiger partial charge in [0, 0.05) is 0 Å². The van der Waals surface area contributed by atoms with Crippen molar-refractivity contribution in [2.75, 3.05) is 7.11 Å². The van der Waals surface area contributed by atoms with Crippen molar-refractivity contribution in [2.24, 2.45) is 0 Å². The molecule has 0 fully saturated rings. The highest BCUT2D eigenvalue weighted by molar-refractivity contribution is 7.97. The van der Waals surface area contributed by atoms with Gasteiger partial charge in [-0.15, -0.1) is 0 Å². The van der Waals surface area contributed by atoms with Crippen molar-refractivity contribution in [3.63, 3.8) is 0 Å². The molecule has 0 spiro atoms. The Morgan fingerprint density at radius 2 is 1.50 bits per heavy atom. The first-order valence-corrected chi connectivity index (χ1v) is 9.55. The number of hydrogen-bond donors (Lipinski definition) is 0. The van der Waals surface area contributed by atoms with Crippen LogP contribution in [-0.4, -0.2) is 14.1 Å². The van der Waals surface area contributed by atoms with Gasteiger partial charge in [-0.2, -0.15) is 0 Å². The van der Waals surface area contributed by atoms with Gasteiger partial charge in [-0.1, -0.05) is 80.1 Å². The summed E-state index contributed by atoms with van der Waals surface area (Å²) in [6.07, 6.45) is 0.957. The normalized spacial score (nSPS) is 11.8. The van der Waals surface area contributed by atoms with E-state index in [1.54, 1.807) is 7.11 Å². The molecular formula is C21H21BOP. The zero-order chi connectivity index (χ0) is 16.8. The molecular weight excluding hydrogens is 310 g/mol. The number of rotatable bonds is 6. The van der Waals surface area contributed by atoms with Crippen LogP contribution in [0, 0.1) is 6.92 Å². The number of aryl methyl sites for hydroxylation is 1. The van der Waals surface area contributed by atoms with Gasteiger partial charge in [-0.25, -0.2) is 0 Å². The Kier molecular flexibility index (Phi) is 5.72. The molecule has 0 heterocycles. The van der Waals surface area contributed by atoms with Crippen LogP contribution in [0.1, 0.15) is 11.1 Å². The Balaban J connectivity index is 1.84. The third-order valence-electron chi connectivity index (χ3n) is 4.08. The highest BCUT2D eigenvalue weighted by atomic mass is 31.1. The fourth-order valence-corrected chi connectivity index (χ4v) is 5.00. The summed E-state index contributed by atoms with van der Waals surface area (Å²) < 4.78 is 5.24. The SMILES string of the molecule is COc1ccc(C[B]P(c2ccccc2)c2ccccc2C)cc1. The molecule has 0 saturated carbocycles. The summed E-state index contributed by atoms with van der Waals surface area (Å²) in [5.74, 6) is 0.906. The predicted octanol–water partition coefficient (Wildman–Crippen LogP) is 4.26. The lowest BCUT2D eigenvalue weighted by Crippen LogP contribution is -2.19. The molecule has 1 atom stereocenters. The van der Waals surface area contributed by atoms with Crippen molar-refractivity contribution in [1.82, 2.24) is 0 Å². The van der Waals surface area contributed by atoms with Crippen LogP contribution in [0.4, 0.5) is 0 Å². The predicted molar refractivity (Wildman–Crippen MR) is 106 cm³/mol. The van der Waals surface area contributed by atoms with Gasteiger partial charge in [0.25, 0.3) is 0 Å². The molecule has 0 bridgehead atoms. The lowest BCUT2D eigenvalue weighted by atomic mass is 9.95. The van der Waals surface area contributed by atoms with Gasteiger partial charge in [0.1, 0.15) is 5.75 Å². The molecule has 0 aliphatic carbocycles. The van der Waals surface area contributed by atoms with Gasteiger partial charge in [0.2, 0.25) is 0 Å². The summed E-state index contributed by atoms with van der Waals surface area (Å²) in [7, 11) is 1.24. The Bertz CT molecular complexity index is 771. The summed E-state index contributed by atoms with van der Waals surface area (Å²) in [4.78, 5) is 0. The maximum absolute atomic E-state index is 5.24. The molecule has 24 heavy (non-hydrogen) atoms. The topological polar surface area (TPSA) is 9.23 Å².